The van der Waals surface area contributed by atoms with Gasteiger partial charge in [-0.25, -0.2) is 0 Å². The molecule has 0 spiro atoms. The molecule has 1 N–H and O–H groups in total. The van der Waals surface area contributed by atoms with Gasteiger partial charge in [-0.15, -0.1) is 0 Å². The van der Waals surface area contributed by atoms with Crippen molar-refractivity contribution in [3.05, 3.63) is 29.3 Å². The lowest BCUT2D eigenvalue weighted by Gasteiger charge is -2.35. The van der Waals surface area contributed by atoms with Crippen molar-refractivity contribution in [2.45, 2.75) is 19.8 Å². The Bertz CT molecular complexity index is 708. The summed E-state index contributed by atoms with van der Waals surface area (Å²) in [6, 6.07) is 7.00. The second kappa shape index (κ2) is 7.04. The molecule has 0 radical (unpaired) electrons. The van der Waals surface area contributed by atoms with Crippen LogP contribution in [0.4, 0.5) is 5.69 Å². The average Bonchev–Trinajstić information content (AvgIpc) is 2.95. The molecular formula is C18H21ClN2O4. The summed E-state index contributed by atoms with van der Waals surface area (Å²) in [5.74, 6) is -2.57. The summed E-state index contributed by atoms with van der Waals surface area (Å²) in [6.45, 7) is 3.08. The van der Waals surface area contributed by atoms with Crippen LogP contribution in [0.25, 0.3) is 0 Å². The maximum atomic E-state index is 12.8. The Morgan fingerprint density at radius 1 is 1.28 bits per heavy atom. The number of piperidine rings is 1. The highest BCUT2D eigenvalue weighted by Gasteiger charge is 2.42. The van der Waals surface area contributed by atoms with Crippen molar-refractivity contribution in [2.24, 2.45) is 17.8 Å². The number of aliphatic carboxylic acids is 1. The summed E-state index contributed by atoms with van der Waals surface area (Å²) in [5.41, 5.74) is 0.684. The van der Waals surface area contributed by atoms with Gasteiger partial charge >= 0.3 is 5.97 Å². The highest BCUT2D eigenvalue weighted by molar-refractivity contribution is 6.31. The fourth-order valence-corrected chi connectivity index (χ4v) is 3.92. The Balaban J connectivity index is 1.73. The molecular weight excluding hydrogens is 344 g/mol. The summed E-state index contributed by atoms with van der Waals surface area (Å²) < 4.78 is 0. The highest BCUT2D eigenvalue weighted by Crippen LogP contribution is 2.30. The number of halogens is 1. The third kappa shape index (κ3) is 3.63. The van der Waals surface area contributed by atoms with Gasteiger partial charge in [0.15, 0.2) is 0 Å². The second-order valence-electron chi connectivity index (χ2n) is 6.93. The van der Waals surface area contributed by atoms with Crippen molar-refractivity contribution >= 4 is 35.1 Å². The van der Waals surface area contributed by atoms with E-state index in [9.17, 15) is 19.5 Å². The van der Waals surface area contributed by atoms with Gasteiger partial charge in [-0.2, -0.15) is 0 Å². The van der Waals surface area contributed by atoms with Crippen molar-refractivity contribution < 1.29 is 19.5 Å². The highest BCUT2D eigenvalue weighted by atomic mass is 35.5. The molecule has 2 fully saturated rings. The number of hydrogen-bond acceptors (Lipinski definition) is 3. The SMILES string of the molecule is CC1CC(C(=O)O)CN(C(=O)C2CCN(c3cccc(Cl)c3)C2=O)C1. The monoisotopic (exact) mass is 364 g/mol. The standard InChI is InChI=1S/C18H21ClN2O4/c1-11-7-12(18(24)25)10-20(9-11)16(22)15-5-6-21(17(15)23)14-4-2-3-13(19)8-14/h2-4,8,11-12,15H,5-7,9-10H2,1H3,(H,24,25). The molecule has 2 heterocycles. The van der Waals surface area contributed by atoms with Gasteiger partial charge in [0.2, 0.25) is 11.8 Å². The third-order valence-electron chi connectivity index (χ3n) is 4.94. The largest absolute Gasteiger partial charge is 0.481 e. The first-order chi connectivity index (χ1) is 11.9. The van der Waals surface area contributed by atoms with Crippen molar-refractivity contribution in [3.8, 4) is 0 Å². The Morgan fingerprint density at radius 2 is 2.04 bits per heavy atom. The van der Waals surface area contributed by atoms with Gasteiger partial charge in [-0.3, -0.25) is 14.4 Å². The van der Waals surface area contributed by atoms with Gasteiger partial charge in [0.1, 0.15) is 5.92 Å². The molecule has 25 heavy (non-hydrogen) atoms. The van der Waals surface area contributed by atoms with Crippen LogP contribution < -0.4 is 4.90 Å². The van der Waals surface area contributed by atoms with Gasteiger partial charge in [-0.1, -0.05) is 24.6 Å². The number of nitrogens with zero attached hydrogens (tertiary/aromatic N) is 2. The summed E-state index contributed by atoms with van der Waals surface area (Å²) in [7, 11) is 0. The van der Waals surface area contributed by atoms with Crippen LogP contribution in [0.1, 0.15) is 19.8 Å². The number of rotatable bonds is 3. The van der Waals surface area contributed by atoms with Crippen molar-refractivity contribution in [1.82, 2.24) is 4.90 Å². The van der Waals surface area contributed by atoms with E-state index in [-0.39, 0.29) is 24.3 Å². The Morgan fingerprint density at radius 3 is 2.72 bits per heavy atom. The first-order valence-corrected chi connectivity index (χ1v) is 8.83. The van der Waals surface area contributed by atoms with Gasteiger partial charge in [0.25, 0.3) is 0 Å². The minimum atomic E-state index is -0.886. The number of hydrogen-bond donors (Lipinski definition) is 1. The molecule has 3 unspecified atom stereocenters. The van der Waals surface area contributed by atoms with Gasteiger partial charge in [0.05, 0.1) is 5.92 Å². The number of likely N-dealkylation sites (tertiary alicyclic amines) is 1. The molecule has 0 aliphatic carbocycles. The lowest BCUT2D eigenvalue weighted by Crippen LogP contribution is -2.49. The lowest BCUT2D eigenvalue weighted by atomic mass is 9.89. The van der Waals surface area contributed by atoms with E-state index in [0.29, 0.717) is 36.6 Å². The van der Waals surface area contributed by atoms with Crippen LogP contribution >= 0.6 is 11.6 Å². The van der Waals surface area contributed by atoms with Crippen molar-refractivity contribution in [1.29, 1.82) is 0 Å². The molecule has 2 aliphatic heterocycles. The zero-order valence-corrected chi connectivity index (χ0v) is 14.8. The molecule has 1 aromatic rings. The Labute approximate surface area is 151 Å². The Hall–Kier alpha value is -2.08. The van der Waals surface area contributed by atoms with E-state index in [1.807, 2.05) is 6.92 Å². The van der Waals surface area contributed by atoms with E-state index in [0.717, 1.165) is 0 Å². The maximum absolute atomic E-state index is 12.8. The minimum absolute atomic E-state index is 0.110. The van der Waals surface area contributed by atoms with Crippen molar-refractivity contribution in [2.75, 3.05) is 24.5 Å². The molecule has 0 bridgehead atoms. The van der Waals surface area contributed by atoms with Crippen molar-refractivity contribution in [3.63, 3.8) is 0 Å². The molecule has 2 saturated heterocycles. The topological polar surface area (TPSA) is 77.9 Å². The number of carbonyl (C=O) groups excluding carboxylic acids is 2. The smallest absolute Gasteiger partial charge is 0.308 e. The molecule has 2 amide bonds. The lowest BCUT2D eigenvalue weighted by molar-refractivity contribution is -0.148. The zero-order chi connectivity index (χ0) is 18.1. The van der Waals surface area contributed by atoms with Crippen LogP contribution in [-0.4, -0.2) is 47.4 Å². The molecule has 0 saturated carbocycles. The molecule has 0 aromatic heterocycles. The number of anilines is 1. The molecule has 3 rings (SSSR count). The van der Waals surface area contributed by atoms with Gasteiger partial charge in [0, 0.05) is 30.3 Å². The molecule has 2 aliphatic rings. The van der Waals surface area contributed by atoms with Gasteiger partial charge < -0.3 is 14.9 Å². The van der Waals surface area contributed by atoms with Crippen LogP contribution in [0.2, 0.25) is 5.02 Å². The first kappa shape index (κ1) is 17.7. The zero-order valence-electron chi connectivity index (χ0n) is 14.0. The minimum Gasteiger partial charge on any atom is -0.481 e. The Kier molecular flexibility index (Phi) is 4.99. The molecule has 3 atom stereocenters. The second-order valence-corrected chi connectivity index (χ2v) is 7.37. The van der Waals surface area contributed by atoms with E-state index in [1.54, 1.807) is 34.1 Å². The predicted octanol–water partition coefficient (Wildman–Crippen LogP) is 2.26. The fraction of sp³-hybridized carbons (Fsp3) is 0.500. The predicted molar refractivity (Wildman–Crippen MR) is 93.4 cm³/mol. The van der Waals surface area contributed by atoms with Crippen LogP contribution in [0.3, 0.4) is 0 Å². The molecule has 6 nitrogen and oxygen atoms in total. The van der Waals surface area contributed by atoms with Crippen LogP contribution in [0.15, 0.2) is 24.3 Å². The normalized spacial score (nSPS) is 26.8. The van der Waals surface area contributed by atoms with E-state index in [1.165, 1.54) is 0 Å². The van der Waals surface area contributed by atoms with Crippen LogP contribution in [0, 0.1) is 17.8 Å². The number of carboxylic acids is 1. The van der Waals surface area contributed by atoms with Gasteiger partial charge in [-0.05, 0) is 37.0 Å². The number of carboxylic acid groups (broad SMARTS) is 1. The summed E-state index contributed by atoms with van der Waals surface area (Å²) in [5, 5.41) is 9.80. The summed E-state index contributed by atoms with van der Waals surface area (Å²) in [6.07, 6.45) is 0.999. The fourth-order valence-electron chi connectivity index (χ4n) is 3.74. The van der Waals surface area contributed by atoms with E-state index < -0.39 is 17.8 Å². The molecule has 7 heteroatoms. The summed E-state index contributed by atoms with van der Waals surface area (Å²) >= 11 is 5.98. The molecule has 1 aromatic carbocycles. The number of carbonyl (C=O) groups is 3. The quantitative estimate of drug-likeness (QED) is 0.834. The van der Waals surface area contributed by atoms with E-state index in [2.05, 4.69) is 0 Å². The number of amides is 2. The summed E-state index contributed by atoms with van der Waals surface area (Å²) in [4.78, 5) is 40.0. The maximum Gasteiger partial charge on any atom is 0.308 e. The third-order valence-corrected chi connectivity index (χ3v) is 5.18. The molecule has 134 valence electrons. The first-order valence-electron chi connectivity index (χ1n) is 8.45. The van der Waals surface area contributed by atoms with E-state index in [4.69, 9.17) is 11.6 Å². The number of benzene rings is 1. The van der Waals surface area contributed by atoms with Crippen LogP contribution in [-0.2, 0) is 14.4 Å². The average molecular weight is 365 g/mol. The van der Waals surface area contributed by atoms with E-state index >= 15 is 0 Å². The van der Waals surface area contributed by atoms with Crippen LogP contribution in [0.5, 0.6) is 0 Å².